The Hall–Kier alpha value is -1.37. The van der Waals surface area contributed by atoms with Crippen molar-refractivity contribution in [2.75, 3.05) is 19.6 Å². The van der Waals surface area contributed by atoms with E-state index in [-0.39, 0.29) is 5.82 Å². The van der Waals surface area contributed by atoms with Crippen LogP contribution in [-0.4, -0.2) is 24.5 Å². The van der Waals surface area contributed by atoms with Gasteiger partial charge in [-0.1, -0.05) is 45.1 Å². The molecule has 2 nitrogen and oxygen atoms in total. The van der Waals surface area contributed by atoms with Gasteiger partial charge in [-0.3, -0.25) is 4.90 Å². The minimum Gasteiger partial charge on any atom is -0.320 e. The molecule has 1 aromatic rings. The molecular formula is C17H25FN2. The number of rotatable bonds is 6. The van der Waals surface area contributed by atoms with E-state index in [1.165, 1.54) is 6.07 Å². The van der Waals surface area contributed by atoms with Gasteiger partial charge in [-0.2, -0.15) is 0 Å². The molecule has 20 heavy (non-hydrogen) atoms. The number of benzene rings is 1. The highest BCUT2D eigenvalue weighted by molar-refractivity contribution is 5.37. The topological polar surface area (TPSA) is 29.3 Å². The van der Waals surface area contributed by atoms with Crippen molar-refractivity contribution in [2.24, 2.45) is 11.7 Å². The molecule has 0 amide bonds. The first kappa shape index (κ1) is 16.7. The summed E-state index contributed by atoms with van der Waals surface area (Å²) in [4.78, 5) is 2.28. The Morgan fingerprint density at radius 2 is 2.10 bits per heavy atom. The lowest BCUT2D eigenvalue weighted by atomic mass is 10.1. The molecule has 0 heterocycles. The Kier molecular flexibility index (Phi) is 7.28. The van der Waals surface area contributed by atoms with Crippen LogP contribution in [0.2, 0.25) is 0 Å². The van der Waals surface area contributed by atoms with Crippen LogP contribution < -0.4 is 5.73 Å². The van der Waals surface area contributed by atoms with E-state index in [2.05, 4.69) is 37.5 Å². The molecule has 0 aliphatic carbocycles. The second-order valence-electron chi connectivity index (χ2n) is 5.15. The highest BCUT2D eigenvalue weighted by Gasteiger charge is 2.11. The van der Waals surface area contributed by atoms with Gasteiger partial charge in [0.25, 0.3) is 0 Å². The fourth-order valence-electron chi connectivity index (χ4n) is 2.02. The zero-order valence-electron chi connectivity index (χ0n) is 12.7. The van der Waals surface area contributed by atoms with Gasteiger partial charge in [-0.05, 0) is 24.6 Å². The second kappa shape index (κ2) is 8.73. The molecule has 0 saturated carbocycles. The van der Waals surface area contributed by atoms with E-state index in [4.69, 9.17) is 5.73 Å². The molecule has 0 spiro atoms. The predicted molar refractivity (Wildman–Crippen MR) is 82.7 cm³/mol. The molecule has 3 heteroatoms. The van der Waals surface area contributed by atoms with Crippen LogP contribution in [0.3, 0.4) is 0 Å². The maximum atomic E-state index is 14.1. The van der Waals surface area contributed by atoms with Crippen molar-refractivity contribution in [1.82, 2.24) is 4.90 Å². The third-order valence-corrected chi connectivity index (χ3v) is 3.50. The van der Waals surface area contributed by atoms with Crippen LogP contribution in [0.5, 0.6) is 0 Å². The summed E-state index contributed by atoms with van der Waals surface area (Å²) in [6.07, 6.45) is 1.15. The largest absolute Gasteiger partial charge is 0.320 e. The van der Waals surface area contributed by atoms with E-state index in [1.54, 1.807) is 0 Å². The minimum atomic E-state index is -0.184. The smallest absolute Gasteiger partial charge is 0.128 e. The fourth-order valence-corrected chi connectivity index (χ4v) is 2.02. The molecule has 0 bridgehead atoms. The molecule has 0 aliphatic rings. The van der Waals surface area contributed by atoms with Crippen molar-refractivity contribution in [2.45, 2.75) is 33.7 Å². The van der Waals surface area contributed by atoms with E-state index >= 15 is 0 Å². The molecule has 0 radical (unpaired) electrons. The Bertz CT molecular complexity index is 474. The van der Waals surface area contributed by atoms with Crippen LogP contribution in [0, 0.1) is 23.6 Å². The lowest BCUT2D eigenvalue weighted by Crippen LogP contribution is -2.28. The molecule has 110 valence electrons. The van der Waals surface area contributed by atoms with Crippen LogP contribution in [-0.2, 0) is 6.54 Å². The molecule has 0 fully saturated rings. The summed E-state index contributed by atoms with van der Waals surface area (Å²) in [5.74, 6) is 6.04. The summed E-state index contributed by atoms with van der Waals surface area (Å²) in [6, 6.07) is 5.18. The lowest BCUT2D eigenvalue weighted by Gasteiger charge is -2.24. The van der Waals surface area contributed by atoms with Crippen molar-refractivity contribution < 1.29 is 4.39 Å². The molecule has 2 N–H and O–H groups in total. The first-order valence-corrected chi connectivity index (χ1v) is 7.30. The SMILES string of the molecule is CCC(C)CN(CC)Cc1ccc(C#CCN)cc1F. The van der Waals surface area contributed by atoms with Crippen LogP contribution in [0.4, 0.5) is 4.39 Å². The Morgan fingerprint density at radius 1 is 1.35 bits per heavy atom. The number of hydrogen-bond acceptors (Lipinski definition) is 2. The summed E-state index contributed by atoms with van der Waals surface area (Å²) in [5, 5.41) is 0. The van der Waals surface area contributed by atoms with Gasteiger partial charge in [0, 0.05) is 24.2 Å². The van der Waals surface area contributed by atoms with Gasteiger partial charge in [-0.15, -0.1) is 0 Å². The van der Waals surface area contributed by atoms with Crippen molar-refractivity contribution in [3.05, 3.63) is 35.1 Å². The van der Waals surface area contributed by atoms with Crippen LogP contribution in [0.25, 0.3) is 0 Å². The highest BCUT2D eigenvalue weighted by Crippen LogP contribution is 2.14. The van der Waals surface area contributed by atoms with Gasteiger partial charge >= 0.3 is 0 Å². The maximum absolute atomic E-state index is 14.1. The summed E-state index contributed by atoms with van der Waals surface area (Å²) in [5.41, 5.74) is 6.73. The number of nitrogens with zero attached hydrogens (tertiary/aromatic N) is 1. The number of hydrogen-bond donors (Lipinski definition) is 1. The van der Waals surface area contributed by atoms with Gasteiger partial charge < -0.3 is 5.73 Å². The van der Waals surface area contributed by atoms with Crippen LogP contribution in [0.1, 0.15) is 38.3 Å². The van der Waals surface area contributed by atoms with Crippen molar-refractivity contribution in [1.29, 1.82) is 0 Å². The van der Waals surface area contributed by atoms with Crippen LogP contribution >= 0.6 is 0 Å². The normalized spacial score (nSPS) is 12.1. The monoisotopic (exact) mass is 276 g/mol. The summed E-state index contributed by atoms with van der Waals surface area (Å²) >= 11 is 0. The molecule has 0 aromatic heterocycles. The molecule has 0 aliphatic heterocycles. The van der Waals surface area contributed by atoms with Gasteiger partial charge in [0.1, 0.15) is 5.82 Å². The highest BCUT2D eigenvalue weighted by atomic mass is 19.1. The van der Waals surface area contributed by atoms with Gasteiger partial charge in [0.05, 0.1) is 6.54 Å². The first-order chi connectivity index (χ1) is 9.60. The molecule has 1 aromatic carbocycles. The zero-order valence-corrected chi connectivity index (χ0v) is 12.7. The van der Waals surface area contributed by atoms with Gasteiger partial charge in [0.15, 0.2) is 0 Å². The van der Waals surface area contributed by atoms with Crippen molar-refractivity contribution in [3.8, 4) is 11.8 Å². The summed E-state index contributed by atoms with van der Waals surface area (Å²) in [7, 11) is 0. The van der Waals surface area contributed by atoms with E-state index in [9.17, 15) is 4.39 Å². The zero-order chi connectivity index (χ0) is 15.0. The molecule has 1 unspecified atom stereocenters. The third kappa shape index (κ3) is 5.32. The summed E-state index contributed by atoms with van der Waals surface area (Å²) < 4.78 is 14.1. The average molecular weight is 276 g/mol. The fraction of sp³-hybridized carbons (Fsp3) is 0.529. The molecule has 1 atom stereocenters. The predicted octanol–water partition coefficient (Wildman–Crippen LogP) is 3.00. The number of nitrogens with two attached hydrogens (primary N) is 1. The van der Waals surface area contributed by atoms with E-state index < -0.39 is 0 Å². The number of halogens is 1. The van der Waals surface area contributed by atoms with E-state index in [1.807, 2.05) is 12.1 Å². The first-order valence-electron chi connectivity index (χ1n) is 7.30. The van der Waals surface area contributed by atoms with Gasteiger partial charge in [-0.25, -0.2) is 4.39 Å². The molecule has 0 saturated heterocycles. The van der Waals surface area contributed by atoms with Gasteiger partial charge in [0.2, 0.25) is 0 Å². The summed E-state index contributed by atoms with van der Waals surface area (Å²) in [6.45, 7) is 9.40. The lowest BCUT2D eigenvalue weighted by molar-refractivity contribution is 0.235. The third-order valence-electron chi connectivity index (χ3n) is 3.50. The van der Waals surface area contributed by atoms with E-state index in [0.717, 1.165) is 25.1 Å². The average Bonchev–Trinajstić information content (AvgIpc) is 2.46. The second-order valence-corrected chi connectivity index (χ2v) is 5.15. The molecule has 1 rings (SSSR count). The van der Waals surface area contributed by atoms with Crippen LogP contribution in [0.15, 0.2) is 18.2 Å². The van der Waals surface area contributed by atoms with Crippen molar-refractivity contribution in [3.63, 3.8) is 0 Å². The van der Waals surface area contributed by atoms with Crippen molar-refractivity contribution >= 4 is 0 Å². The Morgan fingerprint density at radius 3 is 2.65 bits per heavy atom. The molecular weight excluding hydrogens is 251 g/mol. The Labute approximate surface area is 122 Å². The maximum Gasteiger partial charge on any atom is 0.128 e. The Balaban J connectivity index is 2.76. The quantitative estimate of drug-likeness (QED) is 0.809. The standard InChI is InChI=1S/C17H25FN2/c1-4-14(3)12-20(5-2)13-16-9-8-15(7-6-10-19)11-17(16)18/h8-9,11,14H,4-5,10,12-13,19H2,1-3H3. The van der Waals surface area contributed by atoms with E-state index in [0.29, 0.717) is 24.6 Å². The minimum absolute atomic E-state index is 0.184.